The van der Waals surface area contributed by atoms with E-state index in [1.54, 1.807) is 25.3 Å². The molecule has 6 heterocycles. The van der Waals surface area contributed by atoms with Gasteiger partial charge in [0.05, 0.1) is 19.8 Å². The van der Waals surface area contributed by atoms with E-state index in [1.165, 1.54) is 11.3 Å². The number of phenolic OH excluding ortho intramolecular Hbond substituents is 1. The average molecular weight is 773 g/mol. The van der Waals surface area contributed by atoms with E-state index in [0.717, 1.165) is 74.7 Å². The van der Waals surface area contributed by atoms with Gasteiger partial charge in [0.15, 0.2) is 0 Å². The number of nitrogens with one attached hydrogen (secondary N) is 2. The molecule has 0 bridgehead atoms. The predicted octanol–water partition coefficient (Wildman–Crippen LogP) is 4.44. The molecule has 5 aliphatic rings. The number of ether oxygens (including phenoxy) is 3. The molecule has 5 aliphatic heterocycles. The minimum atomic E-state index is -0.762. The van der Waals surface area contributed by atoms with E-state index in [1.807, 2.05) is 18.2 Å². The molecule has 1 aromatic heterocycles. The Morgan fingerprint density at radius 1 is 0.930 bits per heavy atom. The quantitative estimate of drug-likeness (QED) is 0.219. The summed E-state index contributed by atoms with van der Waals surface area (Å²) in [5, 5.41) is 15.2. The van der Waals surface area contributed by atoms with Crippen molar-refractivity contribution in [2.24, 2.45) is 5.92 Å². The average Bonchev–Trinajstić information content (AvgIpc) is 3.24. The van der Waals surface area contributed by atoms with Crippen molar-refractivity contribution < 1.29 is 33.7 Å². The summed E-state index contributed by atoms with van der Waals surface area (Å²) in [7, 11) is 1.75. The number of aromatic hydroxyl groups is 1. The molecule has 0 aliphatic carbocycles. The summed E-state index contributed by atoms with van der Waals surface area (Å²) in [6, 6.07) is 25.5. The van der Waals surface area contributed by atoms with Crippen LogP contribution in [0.15, 0.2) is 78.9 Å². The molecule has 0 saturated carbocycles. The Labute approximate surface area is 331 Å². The largest absolute Gasteiger partial charge is 0.508 e. The fourth-order valence-electron chi connectivity index (χ4n) is 9.33. The van der Waals surface area contributed by atoms with Crippen LogP contribution in [0.3, 0.4) is 0 Å². The van der Waals surface area contributed by atoms with Gasteiger partial charge >= 0.3 is 0 Å². The smallest absolute Gasteiger partial charge is 0.270 e. The van der Waals surface area contributed by atoms with Crippen LogP contribution in [0.2, 0.25) is 0 Å². The molecule has 13 heteroatoms. The number of hydrogen-bond donors (Lipinski definition) is 3. The van der Waals surface area contributed by atoms with Gasteiger partial charge in [-0.3, -0.25) is 24.6 Å². The zero-order valence-corrected chi connectivity index (χ0v) is 32.1. The Morgan fingerprint density at radius 3 is 2.56 bits per heavy atom. The maximum Gasteiger partial charge on any atom is 0.270 e. The lowest BCUT2D eigenvalue weighted by atomic mass is 9.75. The molecule has 3 amide bonds. The normalized spacial score (nSPS) is 23.6. The van der Waals surface area contributed by atoms with E-state index < -0.39 is 17.9 Å². The highest BCUT2D eigenvalue weighted by Crippen LogP contribution is 2.50. The summed E-state index contributed by atoms with van der Waals surface area (Å²) in [6.07, 6.45) is 2.67. The van der Waals surface area contributed by atoms with E-state index >= 15 is 0 Å². The topological polar surface area (TPSA) is 146 Å². The van der Waals surface area contributed by atoms with E-state index in [4.69, 9.17) is 14.2 Å². The number of nitrogens with zero attached hydrogens (tertiary/aromatic N) is 4. The number of amides is 3. The number of pyridine rings is 1. The zero-order chi connectivity index (χ0) is 39.0. The number of benzene rings is 3. The molecule has 0 spiro atoms. The third-order valence-corrected chi connectivity index (χ3v) is 12.3. The van der Waals surface area contributed by atoms with Crippen LogP contribution in [0.5, 0.6) is 23.1 Å². The Bertz CT molecular complexity index is 2160. The predicted molar refractivity (Wildman–Crippen MR) is 214 cm³/mol. The van der Waals surface area contributed by atoms with Crippen LogP contribution in [0.1, 0.15) is 64.7 Å². The maximum absolute atomic E-state index is 12.9. The van der Waals surface area contributed by atoms with Gasteiger partial charge in [-0.05, 0) is 55.0 Å². The van der Waals surface area contributed by atoms with Gasteiger partial charge in [-0.2, -0.15) is 0 Å². The number of piperazine rings is 1. The second kappa shape index (κ2) is 15.6. The first-order valence-electron chi connectivity index (χ1n) is 20.0. The van der Waals surface area contributed by atoms with Gasteiger partial charge in [-0.15, -0.1) is 0 Å². The lowest BCUT2D eigenvalue weighted by molar-refractivity contribution is -0.134. The van der Waals surface area contributed by atoms with Crippen molar-refractivity contribution in [2.45, 2.75) is 49.6 Å². The van der Waals surface area contributed by atoms with E-state index in [2.05, 4.69) is 72.8 Å². The number of carbonyl (C=O) groups excluding carboxylic acids is 3. The van der Waals surface area contributed by atoms with Crippen LogP contribution in [0.25, 0.3) is 0 Å². The molecule has 57 heavy (non-hydrogen) atoms. The highest BCUT2D eigenvalue weighted by molar-refractivity contribution is 6.03. The van der Waals surface area contributed by atoms with Crippen molar-refractivity contribution in [1.82, 2.24) is 20.5 Å². The summed E-state index contributed by atoms with van der Waals surface area (Å²) >= 11 is 0. The number of aromatic nitrogens is 1. The molecule has 3 aromatic carbocycles. The fourth-order valence-corrected chi connectivity index (χ4v) is 9.33. The van der Waals surface area contributed by atoms with Crippen LogP contribution < -0.4 is 34.6 Å². The standard InChI is InChI=1S/C44H48N6O7/c1-55-38-21-29(7-9-32(38)41-33-10-8-31(51)22-39(33)56-26-34(41)28-5-3-2-4-6-28)49-17-15-27(16-18-49)23-48-19-20-50-30(24-48)25-57-44-37(50)13-11-36(46-44)42(53)45-35-12-14-40(52)47-43(35)54/h2-11,13,21-22,27,30,34-35,41,51H,12,14-20,23-26H2,1H3,(H,45,53)(H,47,52,54)/t30-,34+,35?,41+/m1/s1. The molecular formula is C44H48N6O7. The SMILES string of the molecule is COc1cc(N2CCC(CN3CCN4c5ccc(C(=O)NC6CCC(=O)NC6=O)nc5OC[C@H]4C3)CC2)ccc1[C@H]1c2ccc(O)cc2OC[C@H]1c1ccccc1. The molecule has 296 valence electrons. The van der Waals surface area contributed by atoms with Crippen molar-refractivity contribution in [3.63, 3.8) is 0 Å². The Kier molecular flexibility index (Phi) is 10.1. The Balaban J connectivity index is 0.812. The highest BCUT2D eigenvalue weighted by Gasteiger charge is 2.38. The van der Waals surface area contributed by atoms with Gasteiger partial charge in [-0.25, -0.2) is 4.98 Å². The number of methoxy groups -OCH3 is 1. The van der Waals surface area contributed by atoms with Gasteiger partial charge < -0.3 is 34.4 Å². The van der Waals surface area contributed by atoms with Crippen LogP contribution in [0.4, 0.5) is 11.4 Å². The van der Waals surface area contributed by atoms with Crippen molar-refractivity contribution in [3.05, 3.63) is 101 Å². The van der Waals surface area contributed by atoms with Gasteiger partial charge in [0.25, 0.3) is 5.91 Å². The van der Waals surface area contributed by atoms with E-state index in [-0.39, 0.29) is 48.1 Å². The molecule has 9 rings (SSSR count). The van der Waals surface area contributed by atoms with E-state index in [0.29, 0.717) is 30.8 Å². The number of anilines is 2. The molecule has 0 radical (unpaired) electrons. The lowest BCUT2D eigenvalue weighted by Gasteiger charge is -2.46. The first kappa shape index (κ1) is 36.8. The maximum atomic E-state index is 12.9. The number of imide groups is 1. The van der Waals surface area contributed by atoms with Crippen molar-refractivity contribution in [1.29, 1.82) is 0 Å². The molecule has 3 saturated heterocycles. The number of phenols is 1. The second-order valence-corrected chi connectivity index (χ2v) is 15.8. The first-order valence-corrected chi connectivity index (χ1v) is 20.0. The number of hydrogen-bond acceptors (Lipinski definition) is 11. The summed E-state index contributed by atoms with van der Waals surface area (Å²) < 4.78 is 18.4. The second-order valence-electron chi connectivity index (χ2n) is 15.8. The monoisotopic (exact) mass is 772 g/mol. The van der Waals surface area contributed by atoms with Crippen LogP contribution >= 0.6 is 0 Å². The molecule has 4 aromatic rings. The summed E-state index contributed by atoms with van der Waals surface area (Å²) in [5.74, 6) is 1.60. The lowest BCUT2D eigenvalue weighted by Crippen LogP contribution is -2.58. The molecule has 3 fully saturated rings. The van der Waals surface area contributed by atoms with Gasteiger partial charge in [0, 0.05) is 86.5 Å². The molecule has 3 N–H and O–H groups in total. The third-order valence-electron chi connectivity index (χ3n) is 12.3. The molecule has 4 atom stereocenters. The van der Waals surface area contributed by atoms with Crippen molar-refractivity contribution in [2.75, 3.05) is 69.4 Å². The Morgan fingerprint density at radius 2 is 1.75 bits per heavy atom. The molecule has 1 unspecified atom stereocenters. The number of piperidine rings is 2. The number of rotatable bonds is 8. The summed E-state index contributed by atoms with van der Waals surface area (Å²) in [4.78, 5) is 48.4. The minimum Gasteiger partial charge on any atom is -0.508 e. The van der Waals surface area contributed by atoms with E-state index in [9.17, 15) is 19.5 Å². The fraction of sp³-hybridized carbons (Fsp3) is 0.409. The summed E-state index contributed by atoms with van der Waals surface area (Å²) in [6.45, 7) is 6.67. The van der Waals surface area contributed by atoms with Gasteiger partial charge in [-0.1, -0.05) is 42.5 Å². The van der Waals surface area contributed by atoms with Gasteiger partial charge in [0.2, 0.25) is 17.7 Å². The van der Waals surface area contributed by atoms with Crippen molar-refractivity contribution >= 4 is 29.1 Å². The van der Waals surface area contributed by atoms with Gasteiger partial charge in [0.1, 0.15) is 41.3 Å². The molecule has 13 nitrogen and oxygen atoms in total. The third kappa shape index (κ3) is 7.43. The number of carbonyl (C=O) groups is 3. The minimum absolute atomic E-state index is 0.00194. The molecular weight excluding hydrogens is 725 g/mol. The number of fused-ring (bicyclic) bond motifs is 4. The van der Waals surface area contributed by atoms with Crippen LogP contribution in [0, 0.1) is 5.92 Å². The first-order chi connectivity index (χ1) is 27.8. The van der Waals surface area contributed by atoms with Crippen LogP contribution in [-0.2, 0) is 9.59 Å². The highest BCUT2D eigenvalue weighted by atomic mass is 16.5. The van der Waals surface area contributed by atoms with Crippen LogP contribution in [-0.4, -0.2) is 104 Å². The zero-order valence-electron chi connectivity index (χ0n) is 32.1. The summed E-state index contributed by atoms with van der Waals surface area (Å²) in [5.41, 5.74) is 5.59. The Hall–Kier alpha value is -5.82. The van der Waals surface area contributed by atoms with Crippen molar-refractivity contribution in [3.8, 4) is 23.1 Å².